The van der Waals surface area contributed by atoms with Crippen LogP contribution in [-0.4, -0.2) is 156 Å². The molecule has 31 heteroatoms. The van der Waals surface area contributed by atoms with Crippen LogP contribution in [0.25, 0.3) is 0 Å². The van der Waals surface area contributed by atoms with E-state index in [1.54, 1.807) is 30.3 Å². The molecular weight excluding hydrogens is 1080 g/mol. The Balaban J connectivity index is 0.0000131. The smallest absolute Gasteiger partial charge is 0.458 e. The fourth-order valence-electron chi connectivity index (χ4n) is 8.50. The van der Waals surface area contributed by atoms with Crippen molar-refractivity contribution in [2.75, 3.05) is 18.9 Å². The van der Waals surface area contributed by atoms with Crippen molar-refractivity contribution in [3.05, 3.63) is 65.4 Å². The van der Waals surface area contributed by atoms with Crippen molar-refractivity contribution in [1.82, 2.24) is 41.7 Å². The predicted molar refractivity (Wildman–Crippen MR) is 268 cm³/mol. The third kappa shape index (κ3) is 17.3. The number of amides is 9. The number of carbonyl (C=O) groups excluding carboxylic acids is 9. The van der Waals surface area contributed by atoms with Gasteiger partial charge in [0.05, 0.1) is 0 Å². The molecule has 2 aromatic rings. The monoisotopic (exact) mass is 1140 g/mol. The molecule has 2 aromatic carbocycles. The van der Waals surface area contributed by atoms with Crippen LogP contribution in [0.15, 0.2) is 54.2 Å². The zero-order valence-corrected chi connectivity index (χ0v) is 47.6. The number of ether oxygens (including phenoxy) is 1. The van der Waals surface area contributed by atoms with Gasteiger partial charge in [0.15, 0.2) is 11.5 Å². The summed E-state index contributed by atoms with van der Waals surface area (Å²) in [6.45, 7) is 8.30. The Kier molecular flexibility index (Phi) is 22.6. The number of nitrogens with one attached hydrogen (secondary N) is 7. The van der Waals surface area contributed by atoms with E-state index in [-0.39, 0.29) is 68.2 Å². The van der Waals surface area contributed by atoms with Crippen molar-refractivity contribution >= 4 is 79.8 Å². The van der Waals surface area contributed by atoms with Crippen LogP contribution in [0.3, 0.4) is 0 Å². The first kappa shape index (κ1) is 64.1. The second-order valence-corrected chi connectivity index (χ2v) is 21.0. The molecule has 5 rings (SSSR count). The molecule has 3 aliphatic heterocycles. The number of likely N-dealkylation sites (N-methyl/N-ethyl adjacent to an activating group) is 1. The summed E-state index contributed by atoms with van der Waals surface area (Å²) in [6, 6.07) is -1.83. The number of rotatable bonds is 9. The summed E-state index contributed by atoms with van der Waals surface area (Å²) in [6.07, 6.45) is -4.13. The summed E-state index contributed by atoms with van der Waals surface area (Å²) in [5.41, 5.74) is -0.948. The van der Waals surface area contributed by atoms with Crippen LogP contribution in [-0.2, 0) is 76.7 Å². The first-order chi connectivity index (χ1) is 36.0. The Bertz CT molecular complexity index is 2880. The predicted octanol–water partition coefficient (Wildman–Crippen LogP) is -3.89. The molecule has 3 aliphatic rings. The van der Waals surface area contributed by atoms with E-state index in [2.05, 4.69) is 45.6 Å². The van der Waals surface area contributed by atoms with Gasteiger partial charge >= 0.3 is 62.4 Å². The van der Waals surface area contributed by atoms with Crippen molar-refractivity contribution < 1.29 is 117 Å². The van der Waals surface area contributed by atoms with Crippen LogP contribution < -0.4 is 75.1 Å². The number of aliphatic hydroxyl groups is 1. The molecule has 0 radical (unpaired) electrons. The third-order valence-electron chi connectivity index (χ3n) is 12.6. The van der Waals surface area contributed by atoms with Crippen molar-refractivity contribution in [2.24, 2.45) is 11.8 Å². The molecule has 0 aromatic heterocycles. The first-order valence-corrected chi connectivity index (χ1v) is 27.0. The fraction of sp³-hybridized carbons (Fsp3) is 0.511. The number of hydrogen-bond acceptors (Lipinski definition) is 17. The molecule has 28 nitrogen and oxygen atoms in total. The number of carbonyl (C=O) groups is 9. The van der Waals surface area contributed by atoms with E-state index >= 15 is 9.59 Å². The summed E-state index contributed by atoms with van der Waals surface area (Å²) in [5.74, 6) is -12.1. The number of anilines is 1. The molecule has 2 fully saturated rings. The zero-order chi connectivity index (χ0) is 57.3. The number of allylic oxidation sites excluding steroid dienone is 1. The van der Waals surface area contributed by atoms with Gasteiger partial charge in [-0.1, -0.05) is 64.1 Å². The minimum atomic E-state index is -5.57. The van der Waals surface area contributed by atoms with E-state index < -0.39 is 169 Å². The Morgan fingerprint density at radius 3 is 2.06 bits per heavy atom. The van der Waals surface area contributed by atoms with Gasteiger partial charge in [0.2, 0.25) is 29.5 Å². The largest absolute Gasteiger partial charge is 1.00 e. The molecule has 0 aliphatic carbocycles. The number of hydrogen-bond donors (Lipinski definition) is 10. The summed E-state index contributed by atoms with van der Waals surface area (Å²) in [7, 11) is -10.0. The zero-order valence-electron chi connectivity index (χ0n) is 43.9. The molecule has 422 valence electrons. The Morgan fingerprint density at radius 2 is 1.47 bits per heavy atom. The molecule has 10 N–H and O–H groups in total. The number of piperidine rings is 1. The molecular formula is C47H63N9NaO19S2+. The second kappa shape index (κ2) is 27.5. The van der Waals surface area contributed by atoms with Crippen LogP contribution in [0.1, 0.15) is 78.4 Å². The molecule has 0 saturated carbocycles. The Hall–Kier alpha value is -6.41. The number of benzene rings is 2. The van der Waals surface area contributed by atoms with Crippen LogP contribution in [0.4, 0.5) is 10.5 Å². The van der Waals surface area contributed by atoms with Crippen LogP contribution in [0.2, 0.25) is 0 Å². The van der Waals surface area contributed by atoms with Crippen molar-refractivity contribution in [3.63, 3.8) is 0 Å². The normalized spacial score (nSPS) is 25.3. The third-order valence-corrected chi connectivity index (χ3v) is 13.4. The quantitative estimate of drug-likeness (QED) is 0.0497. The van der Waals surface area contributed by atoms with Gasteiger partial charge in [0.1, 0.15) is 54.3 Å². The molecule has 8 unspecified atom stereocenters. The molecule has 4 bridgehead atoms. The van der Waals surface area contributed by atoms with Gasteiger partial charge in [-0.3, -0.25) is 42.7 Å². The van der Waals surface area contributed by atoms with E-state index in [4.69, 9.17) is 4.74 Å². The van der Waals surface area contributed by atoms with Gasteiger partial charge in [0.25, 0.3) is 11.8 Å². The molecule has 2 saturated heterocycles. The number of aliphatic hydroxyl groups excluding tert-OH is 1. The minimum absolute atomic E-state index is 0. The average Bonchev–Trinajstić information content (AvgIpc) is 3.35. The molecule has 78 heavy (non-hydrogen) atoms. The van der Waals surface area contributed by atoms with E-state index in [0.29, 0.717) is 17.7 Å². The summed E-state index contributed by atoms with van der Waals surface area (Å²) in [4.78, 5) is 131. The van der Waals surface area contributed by atoms with Gasteiger partial charge in [-0.05, 0) is 62.6 Å². The number of nitrogens with zero attached hydrogens (tertiary/aromatic N) is 2. The van der Waals surface area contributed by atoms with E-state index in [1.165, 1.54) is 47.6 Å². The van der Waals surface area contributed by atoms with Crippen molar-refractivity contribution in [2.45, 2.75) is 129 Å². The molecule has 0 spiro atoms. The van der Waals surface area contributed by atoms with E-state index in [9.17, 15) is 64.6 Å². The molecule has 3 heterocycles. The number of esters is 1. The summed E-state index contributed by atoms with van der Waals surface area (Å²) < 4.78 is 82.8. The summed E-state index contributed by atoms with van der Waals surface area (Å²) >= 11 is 0. The molecule has 8 atom stereocenters. The van der Waals surface area contributed by atoms with Gasteiger partial charge in [-0.15, -0.1) is 0 Å². The van der Waals surface area contributed by atoms with E-state index in [0.717, 1.165) is 16.8 Å². The second-order valence-electron chi connectivity index (χ2n) is 19.0. The average molecular weight is 1150 g/mol. The minimum Gasteiger partial charge on any atom is -0.458 e. The van der Waals surface area contributed by atoms with Crippen LogP contribution in [0, 0.1) is 11.8 Å². The van der Waals surface area contributed by atoms with Crippen LogP contribution >= 0.6 is 0 Å². The standard InChI is InChI=1S/C47H63N9O19S2.Na/c1-8-28-40(59)51-30-16-17-36(57)56(44(30)63)33(19-26-13-10-9-11-14-26)45(64)55(7)32-20-27-21-34(74-76(67,68)69)35(75-77(70,71)72)22-31(27)52-47(66)48-18-12-15-29(50-39(58)24(4)5)41(60)54-38(43(62)49-28)25(6)73-46(65)37(23(2)3)53-42(32)61;/h8-11,13-14,21-25,29-30,32-33,36-38,57H,12,15-20H2,1-7H3,(H,49,62)(H,50,58)(H,51,59)(H,53,61)(H,54,60)(H2,48,52,66)(H,67,68,69)(H,70,71,72);/q;+1/b28-8-;. The van der Waals surface area contributed by atoms with E-state index in [1.807, 2.05) is 0 Å². The van der Waals surface area contributed by atoms with Crippen molar-refractivity contribution in [1.29, 1.82) is 0 Å². The number of fused-ring (bicyclic) bond motifs is 10. The van der Waals surface area contributed by atoms with Crippen molar-refractivity contribution in [3.8, 4) is 11.5 Å². The SMILES string of the molecule is C/C=C1\NC(=O)C2NC(=O)C(NC(=O)C(C)C)CCCNC(=O)Nc3cc(OS(=O)(=O)O)c(OS(=O)(=O)O)cc3CC(C(=O)NC(C(C)C)C(=O)OC2C)N(C)C(=O)C(Cc2ccccc2)N2C(=O)C(CCC2O)NC1=O.[Na+]. The van der Waals surface area contributed by atoms with Gasteiger partial charge in [0, 0.05) is 44.1 Å². The number of urea groups is 1. The van der Waals surface area contributed by atoms with Gasteiger partial charge < -0.3 is 65.2 Å². The van der Waals surface area contributed by atoms with Gasteiger partial charge in [-0.25, -0.2) is 9.59 Å². The Morgan fingerprint density at radius 1 is 0.846 bits per heavy atom. The molecule has 9 amide bonds. The van der Waals surface area contributed by atoms with Crippen LogP contribution in [0.5, 0.6) is 11.5 Å². The maximum atomic E-state index is 15.4. The van der Waals surface area contributed by atoms with Gasteiger partial charge in [-0.2, -0.15) is 16.8 Å². The topological polar surface area (TPSA) is 401 Å². The maximum Gasteiger partial charge on any atom is 1.00 e. The fourth-order valence-corrected chi connectivity index (χ4v) is 9.21. The first-order valence-electron chi connectivity index (χ1n) is 24.2. The Labute approximate surface area is 472 Å². The maximum absolute atomic E-state index is 15.4. The summed E-state index contributed by atoms with van der Waals surface area (Å²) in [5, 5.41) is 29.0.